The van der Waals surface area contributed by atoms with Crippen molar-refractivity contribution < 1.29 is 13.2 Å². The zero-order valence-corrected chi connectivity index (χ0v) is 21.4. The summed E-state index contributed by atoms with van der Waals surface area (Å²) in [4.78, 5) is 31.9. The van der Waals surface area contributed by atoms with Crippen LogP contribution in [0.2, 0.25) is 0 Å². The van der Waals surface area contributed by atoms with E-state index in [1.807, 2.05) is 0 Å². The summed E-state index contributed by atoms with van der Waals surface area (Å²) in [6.07, 6.45) is 6.62. The van der Waals surface area contributed by atoms with Gasteiger partial charge >= 0.3 is 0 Å². The molecule has 3 unspecified atom stereocenters. The number of nitrogens with one attached hydrogen (secondary N) is 2. The largest absolute Gasteiger partial charge is 0.368 e. The quantitative estimate of drug-likeness (QED) is 0.352. The van der Waals surface area contributed by atoms with Crippen molar-refractivity contribution in [3.63, 3.8) is 0 Å². The predicted octanol–water partition coefficient (Wildman–Crippen LogP) is 2.82. The lowest BCUT2D eigenvalue weighted by molar-refractivity contribution is -0.106. The second-order valence-electron chi connectivity index (χ2n) is 10.0. The molecule has 3 saturated carbocycles. The molecule has 0 aliphatic heterocycles. The molecule has 12 nitrogen and oxygen atoms in total. The van der Waals surface area contributed by atoms with Gasteiger partial charge in [0.15, 0.2) is 0 Å². The van der Waals surface area contributed by atoms with E-state index in [-0.39, 0.29) is 29.2 Å². The van der Waals surface area contributed by atoms with Gasteiger partial charge in [0.2, 0.25) is 30.2 Å². The summed E-state index contributed by atoms with van der Waals surface area (Å²) in [6.45, 7) is 5.50. The first-order valence-corrected chi connectivity index (χ1v) is 13.5. The molecule has 1 aromatic carbocycles. The molecule has 0 spiro atoms. The standard InChI is InChI=1S/C24H29N9O3S/c1-24(2)16-5-4-15(19(24)12-16)13-28-21-30-20(25)31-22(32-21)29-17-6-8-18(9-7-17)37(35,36)33(14-34)23-26-10-3-11-27-23/h3,6-11,14-16,19H,4-5,12-13H2,1-2H3,(H4,25,28,29,30,31,32). The lowest BCUT2D eigenvalue weighted by atomic mass is 9.45. The number of nitrogen functional groups attached to an aromatic ring is 1. The molecule has 0 saturated heterocycles. The second-order valence-corrected chi connectivity index (χ2v) is 11.8. The van der Waals surface area contributed by atoms with Gasteiger partial charge in [-0.15, -0.1) is 0 Å². The van der Waals surface area contributed by atoms with E-state index in [1.54, 1.807) is 0 Å². The van der Waals surface area contributed by atoms with Crippen LogP contribution >= 0.6 is 0 Å². The third-order valence-electron chi connectivity index (χ3n) is 7.69. The Bertz CT molecular complexity index is 1380. The van der Waals surface area contributed by atoms with Crippen LogP contribution in [0.1, 0.15) is 33.1 Å². The molecule has 3 aromatic rings. The minimum atomic E-state index is -4.19. The van der Waals surface area contributed by atoms with Crippen molar-refractivity contribution in [3.05, 3.63) is 42.7 Å². The Labute approximate surface area is 215 Å². The third-order valence-corrected chi connectivity index (χ3v) is 9.32. The van der Waals surface area contributed by atoms with Gasteiger partial charge in [0.25, 0.3) is 10.0 Å². The maximum Gasteiger partial charge on any atom is 0.273 e. The SMILES string of the molecule is CC1(C)C2CCC(CNc3nc(N)nc(Nc4ccc(S(=O)(=O)N(C=O)c5ncccn5)cc4)n3)C1C2. The first-order valence-electron chi connectivity index (χ1n) is 12.1. The Kier molecular flexibility index (Phi) is 6.40. The zero-order valence-electron chi connectivity index (χ0n) is 20.6. The van der Waals surface area contributed by atoms with Crippen molar-refractivity contribution in [3.8, 4) is 0 Å². The number of nitrogens with zero attached hydrogens (tertiary/aromatic N) is 6. The maximum absolute atomic E-state index is 12.9. The van der Waals surface area contributed by atoms with Crippen LogP contribution in [0.3, 0.4) is 0 Å². The third kappa shape index (κ3) is 4.78. The zero-order chi connectivity index (χ0) is 26.2. The molecule has 0 radical (unpaired) electrons. The van der Waals surface area contributed by atoms with E-state index in [4.69, 9.17) is 5.73 Å². The summed E-state index contributed by atoms with van der Waals surface area (Å²) in [5.41, 5.74) is 6.83. The first kappa shape index (κ1) is 24.8. The van der Waals surface area contributed by atoms with Gasteiger partial charge in [-0.1, -0.05) is 13.8 Å². The van der Waals surface area contributed by atoms with Crippen LogP contribution in [0.25, 0.3) is 0 Å². The van der Waals surface area contributed by atoms with Gasteiger partial charge in [0, 0.05) is 24.6 Å². The fraction of sp³-hybridized carbons (Fsp3) is 0.417. The van der Waals surface area contributed by atoms with Gasteiger partial charge in [-0.05, 0) is 72.8 Å². The molecule has 2 heterocycles. The van der Waals surface area contributed by atoms with E-state index in [1.165, 1.54) is 62.0 Å². The molecule has 37 heavy (non-hydrogen) atoms. The monoisotopic (exact) mass is 523 g/mol. The summed E-state index contributed by atoms with van der Waals surface area (Å²) < 4.78 is 26.3. The van der Waals surface area contributed by atoms with Crippen molar-refractivity contribution in [2.45, 2.75) is 38.0 Å². The number of rotatable bonds is 9. The van der Waals surface area contributed by atoms with Crippen LogP contribution in [-0.4, -0.2) is 46.3 Å². The lowest BCUT2D eigenvalue weighted by Gasteiger charge is -2.60. The first-order chi connectivity index (χ1) is 17.7. The van der Waals surface area contributed by atoms with Crippen molar-refractivity contribution >= 4 is 45.9 Å². The summed E-state index contributed by atoms with van der Waals surface area (Å²) in [5, 5.41) is 6.35. The average Bonchev–Trinajstić information content (AvgIpc) is 2.88. The molecule has 13 heteroatoms. The highest BCUT2D eigenvalue weighted by molar-refractivity contribution is 7.93. The van der Waals surface area contributed by atoms with Gasteiger partial charge in [-0.2, -0.15) is 19.3 Å². The molecule has 1 amide bonds. The molecule has 4 N–H and O–H groups in total. The van der Waals surface area contributed by atoms with Gasteiger partial charge in [-0.25, -0.2) is 18.4 Å². The van der Waals surface area contributed by atoms with Gasteiger partial charge in [-0.3, -0.25) is 4.79 Å². The molecule has 3 aliphatic rings. The van der Waals surface area contributed by atoms with Crippen LogP contribution in [0.4, 0.5) is 29.5 Å². The number of aromatic nitrogens is 5. The van der Waals surface area contributed by atoms with Crippen LogP contribution in [0, 0.1) is 23.2 Å². The van der Waals surface area contributed by atoms with Gasteiger partial charge in [0.1, 0.15) is 0 Å². The van der Waals surface area contributed by atoms with Crippen molar-refractivity contribution in [2.75, 3.05) is 27.2 Å². The van der Waals surface area contributed by atoms with E-state index in [9.17, 15) is 13.2 Å². The van der Waals surface area contributed by atoms with E-state index >= 15 is 0 Å². The second kappa shape index (κ2) is 9.54. The molecule has 2 aromatic heterocycles. The normalized spacial score (nSPS) is 21.9. The highest BCUT2D eigenvalue weighted by Crippen LogP contribution is 2.61. The number of benzene rings is 1. The molecule has 194 valence electrons. The van der Waals surface area contributed by atoms with Crippen LogP contribution in [0.15, 0.2) is 47.6 Å². The number of anilines is 5. The fourth-order valence-corrected chi connectivity index (χ4v) is 6.66. The fourth-order valence-electron chi connectivity index (χ4n) is 5.53. The number of nitrogens with two attached hydrogens (primary N) is 1. The Morgan fingerprint density at radius 3 is 2.43 bits per heavy atom. The minimum Gasteiger partial charge on any atom is -0.368 e. The number of hydrogen-bond donors (Lipinski definition) is 3. The molecule has 6 rings (SSSR count). The Hall–Kier alpha value is -3.87. The predicted molar refractivity (Wildman–Crippen MR) is 138 cm³/mol. The smallest absolute Gasteiger partial charge is 0.273 e. The van der Waals surface area contributed by atoms with E-state index in [0.717, 1.165) is 12.5 Å². The summed E-state index contributed by atoms with van der Waals surface area (Å²) in [7, 11) is -4.19. The Balaban J connectivity index is 1.26. The highest BCUT2D eigenvalue weighted by Gasteiger charge is 2.53. The molecule has 3 atom stereocenters. The summed E-state index contributed by atoms with van der Waals surface area (Å²) >= 11 is 0. The maximum atomic E-state index is 12.9. The lowest BCUT2D eigenvalue weighted by Crippen LogP contribution is -2.53. The Morgan fingerprint density at radius 2 is 1.78 bits per heavy atom. The number of sulfonamides is 1. The van der Waals surface area contributed by atoms with Crippen molar-refractivity contribution in [1.82, 2.24) is 24.9 Å². The molecule has 2 bridgehead atoms. The summed E-state index contributed by atoms with van der Waals surface area (Å²) in [6, 6.07) is 7.31. The molecular formula is C24H29N9O3S. The van der Waals surface area contributed by atoms with Crippen molar-refractivity contribution in [2.24, 2.45) is 23.2 Å². The number of hydrogen-bond acceptors (Lipinski definition) is 11. The van der Waals surface area contributed by atoms with Crippen LogP contribution in [-0.2, 0) is 14.8 Å². The average molecular weight is 524 g/mol. The van der Waals surface area contributed by atoms with E-state index in [0.29, 0.717) is 33.2 Å². The molecule has 3 aliphatic carbocycles. The van der Waals surface area contributed by atoms with Gasteiger partial charge < -0.3 is 16.4 Å². The van der Waals surface area contributed by atoms with E-state index < -0.39 is 10.0 Å². The molecular weight excluding hydrogens is 494 g/mol. The summed E-state index contributed by atoms with van der Waals surface area (Å²) in [5.74, 6) is 2.55. The number of fused-ring (bicyclic) bond motifs is 2. The van der Waals surface area contributed by atoms with Crippen molar-refractivity contribution in [1.29, 1.82) is 0 Å². The number of carbonyl (C=O) groups is 1. The highest BCUT2D eigenvalue weighted by atomic mass is 32.2. The van der Waals surface area contributed by atoms with Gasteiger partial charge in [0.05, 0.1) is 4.90 Å². The topological polar surface area (TPSA) is 169 Å². The Morgan fingerprint density at radius 1 is 1.08 bits per heavy atom. The van der Waals surface area contributed by atoms with Crippen LogP contribution in [0.5, 0.6) is 0 Å². The molecule has 3 fully saturated rings. The number of carbonyl (C=O) groups excluding carboxylic acids is 1. The van der Waals surface area contributed by atoms with Crippen LogP contribution < -0.4 is 20.7 Å². The minimum absolute atomic E-state index is 0.0661. The number of amides is 1. The van der Waals surface area contributed by atoms with E-state index in [2.05, 4.69) is 49.4 Å².